The first-order valence-electron chi connectivity index (χ1n) is 5.85. The summed E-state index contributed by atoms with van der Waals surface area (Å²) in [6.07, 6.45) is 0. The van der Waals surface area contributed by atoms with E-state index in [2.05, 4.69) is 15.5 Å². The maximum atomic E-state index is 13.9. The first-order chi connectivity index (χ1) is 10.1. The molecule has 1 heterocycles. The van der Waals surface area contributed by atoms with E-state index < -0.39 is 17.5 Å². The zero-order chi connectivity index (χ0) is 15.0. The zero-order valence-electron chi connectivity index (χ0n) is 10.5. The van der Waals surface area contributed by atoms with Gasteiger partial charge in [0.15, 0.2) is 17.5 Å². The van der Waals surface area contributed by atoms with Crippen molar-refractivity contribution in [3.63, 3.8) is 0 Å². The first kappa shape index (κ1) is 13.1. The third-order valence-electron chi connectivity index (χ3n) is 2.85. The molecule has 0 amide bonds. The van der Waals surface area contributed by atoms with Crippen LogP contribution in [0.25, 0.3) is 17.1 Å². The fourth-order valence-electron chi connectivity index (χ4n) is 1.86. The van der Waals surface area contributed by atoms with Crippen LogP contribution in [0.1, 0.15) is 0 Å². The number of anilines is 1. The summed E-state index contributed by atoms with van der Waals surface area (Å²) in [5.74, 6) is -2.60. The Morgan fingerprint density at radius 1 is 0.905 bits per heavy atom. The van der Waals surface area contributed by atoms with Gasteiger partial charge in [-0.1, -0.05) is 0 Å². The van der Waals surface area contributed by atoms with Crippen molar-refractivity contribution in [3.05, 3.63) is 53.8 Å². The molecule has 0 atom stereocenters. The lowest BCUT2D eigenvalue weighted by Crippen LogP contribution is -2.02. The summed E-state index contributed by atoms with van der Waals surface area (Å²) in [6, 6.07) is 7.06. The molecule has 0 spiro atoms. The summed E-state index contributed by atoms with van der Waals surface area (Å²) in [7, 11) is 0. The van der Waals surface area contributed by atoms with Crippen LogP contribution in [0.15, 0.2) is 36.4 Å². The van der Waals surface area contributed by atoms with Crippen molar-refractivity contribution in [2.75, 3.05) is 5.73 Å². The Morgan fingerprint density at radius 3 is 2.43 bits per heavy atom. The van der Waals surface area contributed by atoms with E-state index in [4.69, 9.17) is 5.73 Å². The molecule has 3 aromatic rings. The highest BCUT2D eigenvalue weighted by Gasteiger charge is 2.16. The fraction of sp³-hybridized carbons (Fsp3) is 0. The van der Waals surface area contributed by atoms with Gasteiger partial charge >= 0.3 is 0 Å². The molecule has 0 radical (unpaired) electrons. The SMILES string of the molecule is Nc1ccc(F)c(-c2nnnn2-c2ccc(F)c(F)c2)c1. The van der Waals surface area contributed by atoms with Crippen molar-refractivity contribution in [3.8, 4) is 17.1 Å². The van der Waals surface area contributed by atoms with Crippen LogP contribution in [0.2, 0.25) is 0 Å². The number of tetrazole rings is 1. The summed E-state index contributed by atoms with van der Waals surface area (Å²) < 4.78 is 41.2. The quantitative estimate of drug-likeness (QED) is 0.736. The summed E-state index contributed by atoms with van der Waals surface area (Å²) in [6.45, 7) is 0. The number of benzene rings is 2. The van der Waals surface area contributed by atoms with E-state index in [0.717, 1.165) is 16.8 Å². The minimum atomic E-state index is -1.05. The van der Waals surface area contributed by atoms with Gasteiger partial charge in [0.2, 0.25) is 0 Å². The predicted molar refractivity (Wildman–Crippen MR) is 68.9 cm³/mol. The minimum Gasteiger partial charge on any atom is -0.399 e. The van der Waals surface area contributed by atoms with Crippen LogP contribution >= 0.6 is 0 Å². The van der Waals surface area contributed by atoms with E-state index in [0.29, 0.717) is 5.69 Å². The van der Waals surface area contributed by atoms with Gasteiger partial charge in [-0.25, -0.2) is 13.2 Å². The minimum absolute atomic E-state index is 0.0332. The molecule has 2 N–H and O–H groups in total. The molecule has 2 aromatic carbocycles. The second-order valence-electron chi connectivity index (χ2n) is 4.25. The van der Waals surface area contributed by atoms with E-state index in [9.17, 15) is 13.2 Å². The molecule has 0 saturated heterocycles. The van der Waals surface area contributed by atoms with E-state index in [1.54, 1.807) is 0 Å². The van der Waals surface area contributed by atoms with Crippen molar-refractivity contribution >= 4 is 5.69 Å². The van der Waals surface area contributed by atoms with Crippen molar-refractivity contribution in [2.24, 2.45) is 0 Å². The maximum Gasteiger partial charge on any atom is 0.190 e. The van der Waals surface area contributed by atoms with Crippen molar-refractivity contribution < 1.29 is 13.2 Å². The first-order valence-corrected chi connectivity index (χ1v) is 5.85. The normalized spacial score (nSPS) is 10.8. The van der Waals surface area contributed by atoms with Gasteiger partial charge in [0.05, 0.1) is 11.3 Å². The Bertz CT molecular complexity index is 815. The smallest absolute Gasteiger partial charge is 0.190 e. The lowest BCUT2D eigenvalue weighted by Gasteiger charge is -2.06. The second kappa shape index (κ2) is 4.89. The molecular weight excluding hydrogens is 283 g/mol. The van der Waals surface area contributed by atoms with Crippen LogP contribution in [0.5, 0.6) is 0 Å². The summed E-state index contributed by atoms with van der Waals surface area (Å²) in [4.78, 5) is 0. The van der Waals surface area contributed by atoms with E-state index in [1.807, 2.05) is 0 Å². The van der Waals surface area contributed by atoms with Gasteiger partial charge in [-0.3, -0.25) is 0 Å². The zero-order valence-corrected chi connectivity index (χ0v) is 10.5. The van der Waals surface area contributed by atoms with Crippen LogP contribution in [0, 0.1) is 17.5 Å². The van der Waals surface area contributed by atoms with E-state index >= 15 is 0 Å². The molecule has 0 fully saturated rings. The molecule has 106 valence electrons. The van der Waals surface area contributed by atoms with Gasteiger partial charge < -0.3 is 5.73 Å². The number of halogens is 3. The highest BCUT2D eigenvalue weighted by atomic mass is 19.2. The van der Waals surface area contributed by atoms with Crippen LogP contribution in [-0.2, 0) is 0 Å². The Labute approximate surface area is 116 Å². The van der Waals surface area contributed by atoms with Crippen LogP contribution in [0.4, 0.5) is 18.9 Å². The van der Waals surface area contributed by atoms with Crippen LogP contribution in [-0.4, -0.2) is 20.2 Å². The van der Waals surface area contributed by atoms with Crippen molar-refractivity contribution in [2.45, 2.75) is 0 Å². The largest absolute Gasteiger partial charge is 0.399 e. The van der Waals surface area contributed by atoms with Gasteiger partial charge in [-0.2, -0.15) is 4.68 Å². The number of nitrogens with two attached hydrogens (primary N) is 1. The number of rotatable bonds is 2. The molecule has 0 bridgehead atoms. The van der Waals surface area contributed by atoms with Crippen molar-refractivity contribution in [1.82, 2.24) is 20.2 Å². The third-order valence-corrected chi connectivity index (χ3v) is 2.85. The standard InChI is InChI=1S/C13H8F3N5/c14-10-3-1-7(17)5-9(10)13-18-19-20-21(13)8-2-4-11(15)12(16)6-8/h1-6H,17H2. The van der Waals surface area contributed by atoms with Crippen LogP contribution < -0.4 is 5.73 Å². The molecule has 1 aromatic heterocycles. The molecule has 0 saturated carbocycles. The lowest BCUT2D eigenvalue weighted by molar-refractivity contribution is 0.507. The molecule has 21 heavy (non-hydrogen) atoms. The van der Waals surface area contributed by atoms with Gasteiger partial charge in [0.25, 0.3) is 0 Å². The van der Waals surface area contributed by atoms with Gasteiger partial charge in [-0.05, 0) is 40.8 Å². The molecule has 0 aliphatic heterocycles. The molecular formula is C13H8F3N5. The monoisotopic (exact) mass is 291 g/mol. The number of nitrogen functional groups attached to an aromatic ring is 1. The second-order valence-corrected chi connectivity index (χ2v) is 4.25. The number of hydrogen-bond acceptors (Lipinski definition) is 4. The Balaban J connectivity index is 2.17. The summed E-state index contributed by atoms with van der Waals surface area (Å²) >= 11 is 0. The third kappa shape index (κ3) is 2.31. The predicted octanol–water partition coefficient (Wildman–Crippen LogP) is 2.33. The van der Waals surface area contributed by atoms with E-state index in [-0.39, 0.29) is 17.1 Å². The van der Waals surface area contributed by atoms with Crippen LogP contribution in [0.3, 0.4) is 0 Å². The highest BCUT2D eigenvalue weighted by Crippen LogP contribution is 2.25. The van der Waals surface area contributed by atoms with Gasteiger partial charge in [-0.15, -0.1) is 5.10 Å². The Kier molecular flexibility index (Phi) is 3.05. The molecule has 3 rings (SSSR count). The molecule has 8 heteroatoms. The molecule has 5 nitrogen and oxygen atoms in total. The topological polar surface area (TPSA) is 69.6 Å². The van der Waals surface area contributed by atoms with Gasteiger partial charge in [0.1, 0.15) is 5.82 Å². The highest BCUT2D eigenvalue weighted by molar-refractivity contribution is 5.63. The van der Waals surface area contributed by atoms with Gasteiger partial charge in [0, 0.05) is 11.8 Å². The fourth-order valence-corrected chi connectivity index (χ4v) is 1.86. The average Bonchev–Trinajstić information content (AvgIpc) is 2.93. The number of hydrogen-bond donors (Lipinski definition) is 1. The number of aromatic nitrogens is 4. The summed E-state index contributed by atoms with van der Waals surface area (Å²) in [5.41, 5.74) is 6.16. The molecule has 0 unspecified atom stereocenters. The summed E-state index contributed by atoms with van der Waals surface area (Å²) in [5, 5.41) is 10.8. The maximum absolute atomic E-state index is 13.9. The Morgan fingerprint density at radius 2 is 1.67 bits per heavy atom. The molecule has 0 aliphatic rings. The average molecular weight is 291 g/mol. The van der Waals surface area contributed by atoms with Crippen molar-refractivity contribution in [1.29, 1.82) is 0 Å². The Hall–Kier alpha value is -2.90. The number of nitrogens with zero attached hydrogens (tertiary/aromatic N) is 4. The van der Waals surface area contributed by atoms with E-state index in [1.165, 1.54) is 24.3 Å². The molecule has 0 aliphatic carbocycles. The lowest BCUT2D eigenvalue weighted by atomic mass is 10.1.